The summed E-state index contributed by atoms with van der Waals surface area (Å²) in [6.07, 6.45) is 4.32. The lowest BCUT2D eigenvalue weighted by molar-refractivity contribution is 0.240. The highest BCUT2D eigenvalue weighted by Gasteiger charge is 2.16. The molecule has 37 heavy (non-hydrogen) atoms. The third-order valence-corrected chi connectivity index (χ3v) is 6.32. The van der Waals surface area contributed by atoms with E-state index in [1.807, 2.05) is 26.0 Å². The molecule has 0 aliphatic rings. The minimum Gasteiger partial charge on any atom is -0.494 e. The lowest BCUT2D eigenvalue weighted by atomic mass is 10.1. The fourth-order valence-corrected chi connectivity index (χ4v) is 4.63. The average molecular weight is 498 g/mol. The molecule has 1 aromatic heterocycles. The zero-order chi connectivity index (χ0) is 25.9. The summed E-state index contributed by atoms with van der Waals surface area (Å²) >= 11 is 0. The van der Waals surface area contributed by atoms with E-state index in [9.17, 15) is 0 Å². The molecule has 0 bridgehead atoms. The topological polar surface area (TPSA) is 39.5 Å². The first kappa shape index (κ1) is 26.5. The number of aromatic nitrogens is 2. The van der Waals surface area contributed by atoms with Crippen molar-refractivity contribution in [1.29, 1.82) is 0 Å². The Morgan fingerprint density at radius 2 is 1.35 bits per heavy atom. The summed E-state index contributed by atoms with van der Waals surface area (Å²) in [5, 5.41) is 0. The van der Waals surface area contributed by atoms with E-state index in [4.69, 9.17) is 14.5 Å². The predicted octanol–water partition coefficient (Wildman–Crippen LogP) is 7.35. The second kappa shape index (κ2) is 13.7. The fraction of sp³-hybridized carbons (Fsp3) is 0.344. The van der Waals surface area contributed by atoms with Gasteiger partial charge in [-0.3, -0.25) is 4.90 Å². The number of hydrogen-bond donors (Lipinski definition) is 0. The van der Waals surface area contributed by atoms with E-state index in [-0.39, 0.29) is 0 Å². The highest BCUT2D eigenvalue weighted by molar-refractivity contribution is 5.55. The summed E-state index contributed by atoms with van der Waals surface area (Å²) in [4.78, 5) is 7.36. The zero-order valence-electron chi connectivity index (χ0n) is 22.4. The number of rotatable bonds is 14. The predicted molar refractivity (Wildman–Crippen MR) is 151 cm³/mol. The third-order valence-electron chi connectivity index (χ3n) is 6.32. The minimum absolute atomic E-state index is 0.663. The molecule has 0 unspecified atom stereocenters. The molecule has 1 heterocycles. The van der Waals surface area contributed by atoms with Crippen molar-refractivity contribution in [2.75, 3.05) is 13.2 Å². The van der Waals surface area contributed by atoms with Gasteiger partial charge in [-0.05, 0) is 55.7 Å². The smallest absolute Gasteiger partial charge is 0.140 e. The molecule has 3 aromatic carbocycles. The molecule has 0 saturated heterocycles. The Kier molecular flexibility index (Phi) is 9.78. The van der Waals surface area contributed by atoms with Gasteiger partial charge in [-0.25, -0.2) is 4.98 Å². The molecule has 5 heteroatoms. The molecule has 0 saturated carbocycles. The van der Waals surface area contributed by atoms with Crippen molar-refractivity contribution in [3.8, 4) is 22.9 Å². The molecule has 0 aliphatic carbocycles. The molecular weight excluding hydrogens is 458 g/mol. The van der Waals surface area contributed by atoms with Crippen molar-refractivity contribution >= 4 is 0 Å². The highest BCUT2D eigenvalue weighted by atomic mass is 16.5. The van der Waals surface area contributed by atoms with Crippen molar-refractivity contribution in [1.82, 2.24) is 14.5 Å². The van der Waals surface area contributed by atoms with Gasteiger partial charge in [-0.2, -0.15) is 0 Å². The highest BCUT2D eigenvalue weighted by Crippen LogP contribution is 2.24. The lowest BCUT2D eigenvalue weighted by Crippen LogP contribution is -2.24. The van der Waals surface area contributed by atoms with Crippen LogP contribution in [-0.2, 0) is 26.2 Å². The molecular formula is C32H39N3O2. The molecule has 4 rings (SSSR count). The van der Waals surface area contributed by atoms with E-state index < -0.39 is 0 Å². The van der Waals surface area contributed by atoms with Gasteiger partial charge in [0.25, 0.3) is 0 Å². The Bertz CT molecular complexity index is 1180. The standard InChI is InChI=1S/C32H39N3O2/c1-4-7-19-35-29(22-33-32(35)28-15-9-8-10-16-28)25-34(23-26-13-11-17-30(20-26)36-5-2)24-27-14-12-18-31(21-27)37-6-3/h8-18,20-22H,4-7,19,23-25H2,1-3H3. The molecule has 0 fully saturated rings. The van der Waals surface area contributed by atoms with E-state index in [1.54, 1.807) is 0 Å². The molecule has 0 aliphatic heterocycles. The number of unbranched alkanes of at least 4 members (excludes halogenated alkanes) is 1. The number of ether oxygens (including phenoxy) is 2. The van der Waals surface area contributed by atoms with Crippen LogP contribution in [0.15, 0.2) is 85.1 Å². The Labute approximate surface area is 221 Å². The Morgan fingerprint density at radius 1 is 0.730 bits per heavy atom. The molecule has 0 N–H and O–H groups in total. The number of hydrogen-bond acceptors (Lipinski definition) is 4. The van der Waals surface area contributed by atoms with Crippen molar-refractivity contribution < 1.29 is 9.47 Å². The fourth-order valence-electron chi connectivity index (χ4n) is 4.63. The molecule has 4 aromatic rings. The van der Waals surface area contributed by atoms with Crippen molar-refractivity contribution in [2.45, 2.75) is 59.8 Å². The summed E-state index contributed by atoms with van der Waals surface area (Å²) in [5.74, 6) is 2.87. The number of imidazole rings is 1. The summed E-state index contributed by atoms with van der Waals surface area (Å²) in [5.41, 5.74) is 4.85. The normalized spacial score (nSPS) is 11.1. The van der Waals surface area contributed by atoms with Crippen LogP contribution in [-0.4, -0.2) is 27.7 Å². The van der Waals surface area contributed by atoms with E-state index >= 15 is 0 Å². The van der Waals surface area contributed by atoms with Crippen molar-refractivity contribution in [2.24, 2.45) is 0 Å². The zero-order valence-corrected chi connectivity index (χ0v) is 22.4. The van der Waals surface area contributed by atoms with Crippen LogP contribution in [0.2, 0.25) is 0 Å². The molecule has 0 radical (unpaired) electrons. The maximum absolute atomic E-state index is 5.77. The molecule has 0 amide bonds. The van der Waals surface area contributed by atoms with Crippen LogP contribution in [0.4, 0.5) is 0 Å². The van der Waals surface area contributed by atoms with Crippen LogP contribution in [0.1, 0.15) is 50.4 Å². The van der Waals surface area contributed by atoms with Crippen LogP contribution in [0, 0.1) is 0 Å². The molecule has 194 valence electrons. The summed E-state index contributed by atoms with van der Waals surface area (Å²) in [7, 11) is 0. The van der Waals surface area contributed by atoms with Gasteiger partial charge in [0, 0.05) is 31.7 Å². The second-order valence-electron chi connectivity index (χ2n) is 9.25. The monoisotopic (exact) mass is 497 g/mol. The quantitative estimate of drug-likeness (QED) is 0.183. The Balaban J connectivity index is 1.64. The van der Waals surface area contributed by atoms with Gasteiger partial charge in [0.1, 0.15) is 17.3 Å². The second-order valence-corrected chi connectivity index (χ2v) is 9.25. The van der Waals surface area contributed by atoms with Gasteiger partial charge >= 0.3 is 0 Å². The van der Waals surface area contributed by atoms with Gasteiger partial charge in [-0.15, -0.1) is 0 Å². The summed E-state index contributed by atoms with van der Waals surface area (Å²) in [6.45, 7) is 11.0. The largest absolute Gasteiger partial charge is 0.494 e. The van der Waals surface area contributed by atoms with Gasteiger partial charge < -0.3 is 14.0 Å². The van der Waals surface area contributed by atoms with Crippen LogP contribution >= 0.6 is 0 Å². The Morgan fingerprint density at radius 3 is 1.92 bits per heavy atom. The van der Waals surface area contributed by atoms with Gasteiger partial charge in [0.15, 0.2) is 0 Å². The van der Waals surface area contributed by atoms with E-state index in [1.165, 1.54) is 16.8 Å². The first-order valence-corrected chi connectivity index (χ1v) is 13.5. The average Bonchev–Trinajstić information content (AvgIpc) is 3.31. The van der Waals surface area contributed by atoms with Crippen LogP contribution < -0.4 is 9.47 Å². The van der Waals surface area contributed by atoms with Gasteiger partial charge in [-0.1, -0.05) is 67.9 Å². The number of benzene rings is 3. The lowest BCUT2D eigenvalue weighted by Gasteiger charge is -2.24. The number of nitrogens with zero attached hydrogens (tertiary/aromatic N) is 3. The summed E-state index contributed by atoms with van der Waals surface area (Å²) in [6, 6.07) is 27.4. The van der Waals surface area contributed by atoms with E-state index in [0.717, 1.165) is 61.9 Å². The van der Waals surface area contributed by atoms with E-state index in [2.05, 4.69) is 89.3 Å². The van der Waals surface area contributed by atoms with Gasteiger partial charge in [0.05, 0.1) is 25.1 Å². The SMILES string of the molecule is CCCCn1c(CN(Cc2cccc(OCC)c2)Cc2cccc(OCC)c2)cnc1-c1ccccc1. The van der Waals surface area contributed by atoms with Crippen molar-refractivity contribution in [3.05, 3.63) is 102 Å². The maximum atomic E-state index is 5.77. The van der Waals surface area contributed by atoms with Crippen LogP contribution in [0.3, 0.4) is 0 Å². The third kappa shape index (κ3) is 7.46. The summed E-state index contributed by atoms with van der Waals surface area (Å²) < 4.78 is 13.9. The molecule has 0 spiro atoms. The van der Waals surface area contributed by atoms with Crippen LogP contribution in [0.5, 0.6) is 11.5 Å². The van der Waals surface area contributed by atoms with Crippen molar-refractivity contribution in [3.63, 3.8) is 0 Å². The van der Waals surface area contributed by atoms with Crippen LogP contribution in [0.25, 0.3) is 11.4 Å². The molecule has 0 atom stereocenters. The maximum Gasteiger partial charge on any atom is 0.140 e. The minimum atomic E-state index is 0.663. The first-order chi connectivity index (χ1) is 18.2. The first-order valence-electron chi connectivity index (χ1n) is 13.5. The molecule has 5 nitrogen and oxygen atoms in total. The van der Waals surface area contributed by atoms with Gasteiger partial charge in [0.2, 0.25) is 0 Å². The van der Waals surface area contributed by atoms with E-state index in [0.29, 0.717) is 13.2 Å². The Hall–Kier alpha value is -3.57.